The number of rotatable bonds is 9. The molecule has 0 aliphatic heterocycles. The van der Waals surface area contributed by atoms with Gasteiger partial charge in [-0.05, 0) is 25.7 Å². The summed E-state index contributed by atoms with van der Waals surface area (Å²) in [6.07, 6.45) is 4.39. The fourth-order valence-electron chi connectivity index (χ4n) is 2.42. The lowest BCUT2D eigenvalue weighted by Gasteiger charge is -2.17. The first-order chi connectivity index (χ1) is 10.5. The van der Waals surface area contributed by atoms with Crippen LogP contribution < -0.4 is 4.74 Å². The molecule has 0 unspecified atom stereocenters. The highest BCUT2D eigenvalue weighted by atomic mass is 16.5. The van der Waals surface area contributed by atoms with E-state index >= 15 is 0 Å². The van der Waals surface area contributed by atoms with Crippen molar-refractivity contribution in [3.05, 3.63) is 22.5 Å². The van der Waals surface area contributed by atoms with Crippen LogP contribution in [0.3, 0.4) is 0 Å². The first-order valence-electron chi connectivity index (χ1n) is 7.54. The molecule has 2 N–H and O–H groups in total. The van der Waals surface area contributed by atoms with Crippen LogP contribution in [0.25, 0.3) is 0 Å². The molecule has 0 amide bonds. The lowest BCUT2D eigenvalue weighted by atomic mass is 9.97. The predicted octanol–water partition coefficient (Wildman–Crippen LogP) is 3.17. The molecule has 0 spiro atoms. The summed E-state index contributed by atoms with van der Waals surface area (Å²) in [5, 5.41) is 18.7. The standard InChI is InChI=1S/C16H23NO5/c1-4-6-8-10-12(15(18)19)17-13(16(20)21)11(9-7-5-2)14(10)22-3/h4-9H2,1-3H3,(H,18,19)(H,20,21). The van der Waals surface area contributed by atoms with Crippen molar-refractivity contribution in [3.63, 3.8) is 0 Å². The van der Waals surface area contributed by atoms with Gasteiger partial charge in [-0.25, -0.2) is 14.6 Å². The van der Waals surface area contributed by atoms with Gasteiger partial charge in [0, 0.05) is 11.1 Å². The van der Waals surface area contributed by atoms with Crippen LogP contribution in [-0.2, 0) is 12.8 Å². The second-order valence-corrected chi connectivity index (χ2v) is 5.12. The molecule has 0 atom stereocenters. The minimum Gasteiger partial charge on any atom is -0.496 e. The van der Waals surface area contributed by atoms with E-state index in [1.165, 1.54) is 7.11 Å². The number of methoxy groups -OCH3 is 1. The van der Waals surface area contributed by atoms with Crippen molar-refractivity contribution in [2.24, 2.45) is 0 Å². The van der Waals surface area contributed by atoms with Gasteiger partial charge in [0.05, 0.1) is 7.11 Å². The van der Waals surface area contributed by atoms with E-state index in [9.17, 15) is 19.8 Å². The molecule has 1 aromatic rings. The van der Waals surface area contributed by atoms with E-state index in [1.54, 1.807) is 0 Å². The van der Waals surface area contributed by atoms with Crippen LogP contribution in [0.5, 0.6) is 5.75 Å². The van der Waals surface area contributed by atoms with Crippen LogP contribution >= 0.6 is 0 Å². The Morgan fingerprint density at radius 1 is 0.955 bits per heavy atom. The SMILES string of the molecule is CCCCc1c(C(=O)O)nc(C(=O)O)c(CCCC)c1OC. The highest BCUT2D eigenvalue weighted by Crippen LogP contribution is 2.31. The summed E-state index contributed by atoms with van der Waals surface area (Å²) >= 11 is 0. The zero-order chi connectivity index (χ0) is 16.7. The maximum Gasteiger partial charge on any atom is 0.354 e. The van der Waals surface area contributed by atoms with Gasteiger partial charge < -0.3 is 14.9 Å². The Morgan fingerprint density at radius 2 is 1.36 bits per heavy atom. The molecule has 0 aromatic carbocycles. The number of unbranched alkanes of at least 4 members (excludes halogenated alkanes) is 2. The third-order valence-electron chi connectivity index (χ3n) is 3.51. The number of hydrogen-bond acceptors (Lipinski definition) is 4. The van der Waals surface area contributed by atoms with Gasteiger partial charge in [-0.2, -0.15) is 0 Å². The van der Waals surface area contributed by atoms with Gasteiger partial charge in [-0.15, -0.1) is 0 Å². The Balaban J connectivity index is 3.57. The smallest absolute Gasteiger partial charge is 0.354 e. The number of carboxylic acids is 2. The van der Waals surface area contributed by atoms with Gasteiger partial charge >= 0.3 is 11.9 Å². The second kappa shape index (κ2) is 8.36. The lowest BCUT2D eigenvalue weighted by Crippen LogP contribution is -2.16. The van der Waals surface area contributed by atoms with Crippen molar-refractivity contribution in [1.82, 2.24) is 4.98 Å². The fourth-order valence-corrected chi connectivity index (χ4v) is 2.42. The molecule has 0 saturated heterocycles. The molecular weight excluding hydrogens is 286 g/mol. The number of hydrogen-bond donors (Lipinski definition) is 2. The lowest BCUT2D eigenvalue weighted by molar-refractivity contribution is 0.0682. The maximum atomic E-state index is 11.4. The summed E-state index contributed by atoms with van der Waals surface area (Å²) in [6, 6.07) is 0. The quantitative estimate of drug-likeness (QED) is 0.727. The number of aromatic nitrogens is 1. The highest BCUT2D eigenvalue weighted by Gasteiger charge is 2.26. The Kier molecular flexibility index (Phi) is 6.82. The van der Waals surface area contributed by atoms with E-state index in [1.807, 2.05) is 13.8 Å². The van der Waals surface area contributed by atoms with Gasteiger partial charge in [-0.3, -0.25) is 0 Å². The third kappa shape index (κ3) is 3.96. The van der Waals surface area contributed by atoms with Crippen molar-refractivity contribution in [1.29, 1.82) is 0 Å². The summed E-state index contributed by atoms with van der Waals surface area (Å²) in [7, 11) is 1.44. The number of aromatic carboxylic acids is 2. The van der Waals surface area contributed by atoms with Gasteiger partial charge in [0.2, 0.25) is 0 Å². The molecule has 6 nitrogen and oxygen atoms in total. The molecule has 22 heavy (non-hydrogen) atoms. The zero-order valence-corrected chi connectivity index (χ0v) is 13.3. The highest BCUT2D eigenvalue weighted by molar-refractivity contribution is 5.93. The molecule has 6 heteroatoms. The summed E-state index contributed by atoms with van der Waals surface area (Å²) < 4.78 is 5.39. The second-order valence-electron chi connectivity index (χ2n) is 5.12. The van der Waals surface area contributed by atoms with E-state index in [-0.39, 0.29) is 11.4 Å². The fraction of sp³-hybridized carbons (Fsp3) is 0.562. The van der Waals surface area contributed by atoms with E-state index in [0.29, 0.717) is 29.7 Å². The van der Waals surface area contributed by atoms with Crippen LogP contribution in [-0.4, -0.2) is 34.2 Å². The topological polar surface area (TPSA) is 96.7 Å². The number of carbonyl (C=O) groups is 2. The van der Waals surface area contributed by atoms with Crippen molar-refractivity contribution >= 4 is 11.9 Å². The Labute approximate surface area is 130 Å². The van der Waals surface area contributed by atoms with Crippen LogP contribution in [0.2, 0.25) is 0 Å². The van der Waals surface area contributed by atoms with Gasteiger partial charge in [0.1, 0.15) is 5.75 Å². The molecule has 1 aromatic heterocycles. The number of pyridine rings is 1. The molecule has 0 bridgehead atoms. The van der Waals surface area contributed by atoms with E-state index in [0.717, 1.165) is 25.7 Å². The molecule has 0 aliphatic rings. The Hall–Kier alpha value is -2.11. The molecule has 122 valence electrons. The molecule has 1 rings (SSSR count). The molecule has 0 aliphatic carbocycles. The number of nitrogens with zero attached hydrogens (tertiary/aromatic N) is 1. The molecule has 0 fully saturated rings. The van der Waals surface area contributed by atoms with Gasteiger partial charge in [0.15, 0.2) is 11.4 Å². The summed E-state index contributed by atoms with van der Waals surface area (Å²) in [4.78, 5) is 26.8. The molecule has 0 saturated carbocycles. The normalized spacial score (nSPS) is 10.5. The van der Waals surface area contributed by atoms with Crippen molar-refractivity contribution in [2.75, 3.05) is 7.11 Å². The predicted molar refractivity (Wildman–Crippen MR) is 81.9 cm³/mol. The van der Waals surface area contributed by atoms with E-state index in [2.05, 4.69) is 4.98 Å². The van der Waals surface area contributed by atoms with E-state index < -0.39 is 11.9 Å². The summed E-state index contributed by atoms with van der Waals surface area (Å²) in [6.45, 7) is 4.01. The van der Waals surface area contributed by atoms with Gasteiger partial charge in [0.25, 0.3) is 0 Å². The zero-order valence-electron chi connectivity index (χ0n) is 13.3. The largest absolute Gasteiger partial charge is 0.496 e. The summed E-state index contributed by atoms with van der Waals surface area (Å²) in [5.41, 5.74) is 0.548. The van der Waals surface area contributed by atoms with Crippen molar-refractivity contribution in [2.45, 2.75) is 52.4 Å². The van der Waals surface area contributed by atoms with Crippen molar-refractivity contribution in [3.8, 4) is 5.75 Å². The first-order valence-corrected chi connectivity index (χ1v) is 7.54. The first kappa shape index (κ1) is 17.9. The van der Waals surface area contributed by atoms with Crippen LogP contribution in [0, 0.1) is 0 Å². The number of ether oxygens (including phenoxy) is 1. The van der Waals surface area contributed by atoms with Crippen LogP contribution in [0.1, 0.15) is 71.6 Å². The minimum atomic E-state index is -1.23. The summed E-state index contributed by atoms with van der Waals surface area (Å²) in [5.74, 6) is -2.09. The third-order valence-corrected chi connectivity index (χ3v) is 3.51. The maximum absolute atomic E-state index is 11.4. The van der Waals surface area contributed by atoms with Crippen LogP contribution in [0.15, 0.2) is 0 Å². The molecule has 0 radical (unpaired) electrons. The Morgan fingerprint density at radius 3 is 1.64 bits per heavy atom. The molecular formula is C16H23NO5. The minimum absolute atomic E-state index is 0.219. The Bertz CT molecular complexity index is 510. The molecule has 1 heterocycles. The monoisotopic (exact) mass is 309 g/mol. The average Bonchev–Trinajstić information content (AvgIpc) is 2.49. The number of carboxylic acid groups (broad SMARTS) is 2. The van der Waals surface area contributed by atoms with E-state index in [4.69, 9.17) is 4.74 Å². The van der Waals surface area contributed by atoms with Crippen molar-refractivity contribution < 1.29 is 24.5 Å². The van der Waals surface area contributed by atoms with Crippen LogP contribution in [0.4, 0.5) is 0 Å². The van der Waals surface area contributed by atoms with Gasteiger partial charge in [-0.1, -0.05) is 26.7 Å². The average molecular weight is 309 g/mol.